The van der Waals surface area contributed by atoms with E-state index in [1.165, 1.54) is 16.8 Å². The third-order valence-corrected chi connectivity index (χ3v) is 6.19. The fraction of sp³-hybridized carbons (Fsp3) is 0.409. The second-order valence-corrected chi connectivity index (χ2v) is 8.74. The maximum absolute atomic E-state index is 13.2. The number of anilines is 1. The number of halogens is 1. The van der Waals surface area contributed by atoms with Crippen molar-refractivity contribution in [2.75, 3.05) is 11.9 Å². The predicted molar refractivity (Wildman–Crippen MR) is 103 cm³/mol. The van der Waals surface area contributed by atoms with Gasteiger partial charge in [-0.2, -0.15) is 0 Å². The first-order valence-electron chi connectivity index (χ1n) is 8.97. The van der Waals surface area contributed by atoms with Gasteiger partial charge in [-0.3, -0.25) is 4.79 Å². The van der Waals surface area contributed by atoms with Gasteiger partial charge in [0, 0.05) is 42.1 Å². The fourth-order valence-electron chi connectivity index (χ4n) is 4.86. The smallest absolute Gasteiger partial charge is 0.139 e. The summed E-state index contributed by atoms with van der Waals surface area (Å²) in [7, 11) is 2.14. The quantitative estimate of drug-likeness (QED) is 0.693. The number of benzene rings is 2. The van der Waals surface area contributed by atoms with Crippen molar-refractivity contribution in [1.82, 2.24) is 0 Å². The molecule has 0 radical (unpaired) electrons. The molecule has 3 unspecified atom stereocenters. The summed E-state index contributed by atoms with van der Waals surface area (Å²) in [6, 6.07) is 16.8. The summed E-state index contributed by atoms with van der Waals surface area (Å²) < 4.78 is 0. The maximum Gasteiger partial charge on any atom is 0.139 e. The number of fused-ring (bicyclic) bond motifs is 2. The van der Waals surface area contributed by atoms with E-state index in [0.29, 0.717) is 12.2 Å². The standard InChI is InChI=1S/C22H24ClNO/c1-22(2)12-18-21(19(25)13-22)20(14-8-10-15(23)11-9-14)16-6-4-5-7-17(16)24(18)3/h4-11,18,20-21H,12-13H2,1-3H3. The molecule has 1 aliphatic heterocycles. The van der Waals surface area contributed by atoms with Gasteiger partial charge in [-0.15, -0.1) is 0 Å². The van der Waals surface area contributed by atoms with Crippen molar-refractivity contribution >= 4 is 23.1 Å². The number of Topliss-reactive ketones (excluding diaryl/α,β-unsaturated/α-hetero) is 1. The van der Waals surface area contributed by atoms with Crippen molar-refractivity contribution < 1.29 is 4.79 Å². The number of carbonyl (C=O) groups excluding carboxylic acids is 1. The van der Waals surface area contributed by atoms with Crippen LogP contribution in [0.25, 0.3) is 0 Å². The third-order valence-electron chi connectivity index (χ3n) is 5.94. The monoisotopic (exact) mass is 353 g/mol. The molecule has 1 heterocycles. The molecule has 0 bridgehead atoms. The van der Waals surface area contributed by atoms with Gasteiger partial charge in [0.05, 0.1) is 0 Å². The lowest BCUT2D eigenvalue weighted by Gasteiger charge is -2.51. The van der Waals surface area contributed by atoms with Gasteiger partial charge in [0.2, 0.25) is 0 Å². The molecule has 3 heteroatoms. The highest BCUT2D eigenvalue weighted by Crippen LogP contribution is 2.51. The lowest BCUT2D eigenvalue weighted by molar-refractivity contribution is -0.129. The Bertz CT molecular complexity index is 811. The molecule has 2 nitrogen and oxygen atoms in total. The molecule has 0 N–H and O–H groups in total. The van der Waals surface area contributed by atoms with Gasteiger partial charge < -0.3 is 4.90 Å². The minimum Gasteiger partial charge on any atom is -0.371 e. The molecule has 0 saturated heterocycles. The second-order valence-electron chi connectivity index (χ2n) is 8.30. The van der Waals surface area contributed by atoms with E-state index in [2.05, 4.69) is 62.2 Å². The van der Waals surface area contributed by atoms with Crippen molar-refractivity contribution in [2.45, 2.75) is 38.6 Å². The van der Waals surface area contributed by atoms with Crippen molar-refractivity contribution in [2.24, 2.45) is 11.3 Å². The number of para-hydroxylation sites is 1. The zero-order chi connectivity index (χ0) is 17.8. The van der Waals surface area contributed by atoms with E-state index in [0.717, 1.165) is 11.4 Å². The molecule has 0 spiro atoms. The van der Waals surface area contributed by atoms with E-state index in [4.69, 9.17) is 11.6 Å². The van der Waals surface area contributed by atoms with Crippen LogP contribution in [0.15, 0.2) is 48.5 Å². The van der Waals surface area contributed by atoms with Crippen LogP contribution in [0.1, 0.15) is 43.7 Å². The zero-order valence-corrected chi connectivity index (χ0v) is 15.8. The topological polar surface area (TPSA) is 20.3 Å². The summed E-state index contributed by atoms with van der Waals surface area (Å²) in [5.41, 5.74) is 3.74. The number of hydrogen-bond donors (Lipinski definition) is 0. The fourth-order valence-corrected chi connectivity index (χ4v) is 4.98. The van der Waals surface area contributed by atoms with Gasteiger partial charge in [-0.05, 0) is 41.2 Å². The van der Waals surface area contributed by atoms with Gasteiger partial charge in [0.15, 0.2) is 0 Å². The Morgan fingerprint density at radius 3 is 2.48 bits per heavy atom. The van der Waals surface area contributed by atoms with E-state index < -0.39 is 0 Å². The molecule has 130 valence electrons. The van der Waals surface area contributed by atoms with Crippen LogP contribution in [0.5, 0.6) is 0 Å². The van der Waals surface area contributed by atoms with E-state index in [1.807, 2.05) is 12.1 Å². The first-order valence-corrected chi connectivity index (χ1v) is 9.35. The maximum atomic E-state index is 13.2. The SMILES string of the molecule is CN1c2ccccc2C(c2ccc(Cl)cc2)C2C(=O)CC(C)(C)CC21. The summed E-state index contributed by atoms with van der Waals surface area (Å²) in [6.45, 7) is 4.43. The van der Waals surface area contributed by atoms with Crippen LogP contribution in [0.2, 0.25) is 5.02 Å². The molecule has 0 aromatic heterocycles. The molecule has 2 aromatic carbocycles. The molecule has 2 aliphatic rings. The van der Waals surface area contributed by atoms with Crippen LogP contribution < -0.4 is 4.90 Å². The second kappa shape index (κ2) is 5.88. The average molecular weight is 354 g/mol. The third kappa shape index (κ3) is 2.77. The van der Waals surface area contributed by atoms with Crippen LogP contribution in [0, 0.1) is 11.3 Å². The summed E-state index contributed by atoms with van der Waals surface area (Å²) in [4.78, 5) is 15.5. The van der Waals surface area contributed by atoms with Crippen molar-refractivity contribution in [3.8, 4) is 0 Å². The minimum atomic E-state index is 0.00843. The Balaban J connectivity index is 1.89. The summed E-state index contributed by atoms with van der Waals surface area (Å²) >= 11 is 6.10. The number of nitrogens with zero attached hydrogens (tertiary/aromatic N) is 1. The number of hydrogen-bond acceptors (Lipinski definition) is 2. The Hall–Kier alpha value is -1.80. The molecule has 25 heavy (non-hydrogen) atoms. The first-order chi connectivity index (χ1) is 11.9. The molecule has 1 saturated carbocycles. The Morgan fingerprint density at radius 1 is 1.08 bits per heavy atom. The van der Waals surface area contributed by atoms with Crippen molar-refractivity contribution in [1.29, 1.82) is 0 Å². The lowest BCUT2D eigenvalue weighted by atomic mass is 9.61. The van der Waals surface area contributed by atoms with Crippen LogP contribution in [-0.2, 0) is 4.79 Å². The Kier molecular flexibility index (Phi) is 3.92. The van der Waals surface area contributed by atoms with Crippen LogP contribution in [0.3, 0.4) is 0 Å². The Labute approximate surface area is 154 Å². The predicted octanol–water partition coefficient (Wildman–Crippen LogP) is 5.30. The molecular weight excluding hydrogens is 330 g/mol. The molecule has 4 rings (SSSR count). The van der Waals surface area contributed by atoms with E-state index in [-0.39, 0.29) is 23.3 Å². The van der Waals surface area contributed by atoms with Crippen LogP contribution >= 0.6 is 11.6 Å². The van der Waals surface area contributed by atoms with E-state index >= 15 is 0 Å². The highest BCUT2D eigenvalue weighted by Gasteiger charge is 2.49. The van der Waals surface area contributed by atoms with E-state index in [1.54, 1.807) is 0 Å². The first kappa shape index (κ1) is 16.7. The number of rotatable bonds is 1. The normalized spacial score (nSPS) is 27.6. The molecule has 1 aliphatic carbocycles. The zero-order valence-electron chi connectivity index (χ0n) is 15.0. The van der Waals surface area contributed by atoms with Crippen LogP contribution in [0.4, 0.5) is 5.69 Å². The van der Waals surface area contributed by atoms with Crippen molar-refractivity contribution in [3.05, 3.63) is 64.7 Å². The summed E-state index contributed by atoms with van der Waals surface area (Å²) in [6.07, 6.45) is 1.70. The lowest BCUT2D eigenvalue weighted by Crippen LogP contribution is -2.54. The average Bonchev–Trinajstić information content (AvgIpc) is 2.57. The highest BCUT2D eigenvalue weighted by atomic mass is 35.5. The summed E-state index contributed by atoms with van der Waals surface area (Å²) in [5, 5.41) is 0.734. The minimum absolute atomic E-state index is 0.00843. The van der Waals surface area contributed by atoms with Gasteiger partial charge in [0.25, 0.3) is 0 Å². The molecule has 0 amide bonds. The van der Waals surface area contributed by atoms with Crippen molar-refractivity contribution in [3.63, 3.8) is 0 Å². The van der Waals surface area contributed by atoms with Gasteiger partial charge in [0.1, 0.15) is 5.78 Å². The molecule has 1 fully saturated rings. The van der Waals surface area contributed by atoms with Gasteiger partial charge in [-0.25, -0.2) is 0 Å². The summed E-state index contributed by atoms with van der Waals surface area (Å²) in [5.74, 6) is 0.509. The highest BCUT2D eigenvalue weighted by molar-refractivity contribution is 6.30. The molecule has 3 atom stereocenters. The number of ketones is 1. The van der Waals surface area contributed by atoms with E-state index in [9.17, 15) is 4.79 Å². The Morgan fingerprint density at radius 2 is 1.76 bits per heavy atom. The van der Waals surface area contributed by atoms with Gasteiger partial charge >= 0.3 is 0 Å². The van der Waals surface area contributed by atoms with Crippen LogP contribution in [-0.4, -0.2) is 18.9 Å². The molecule has 2 aromatic rings. The number of carbonyl (C=O) groups is 1. The van der Waals surface area contributed by atoms with Gasteiger partial charge in [-0.1, -0.05) is 55.8 Å². The largest absolute Gasteiger partial charge is 0.371 e. The molecular formula is C22H24ClNO.